The second-order valence-electron chi connectivity index (χ2n) is 5.70. The van der Waals surface area contributed by atoms with Crippen LogP contribution in [0.15, 0.2) is 42.7 Å². The van der Waals surface area contributed by atoms with Crippen LogP contribution in [0.1, 0.15) is 22.6 Å². The number of carbonyl (C=O) groups is 1. The number of carbonyl (C=O) groups excluding carboxylic acids is 1. The number of aromatic nitrogens is 4. The molecule has 3 heterocycles. The summed E-state index contributed by atoms with van der Waals surface area (Å²) in [4.78, 5) is 18.2. The fraction of sp³-hybridized carbons (Fsp3) is 0.294. The van der Waals surface area contributed by atoms with Gasteiger partial charge in [0.05, 0.1) is 5.56 Å². The molecule has 3 rings (SSSR count). The molecule has 3 aromatic heterocycles. The summed E-state index contributed by atoms with van der Waals surface area (Å²) >= 11 is 0. The molecule has 0 saturated carbocycles. The molecule has 24 heavy (non-hydrogen) atoms. The van der Waals surface area contributed by atoms with E-state index in [1.54, 1.807) is 12.3 Å². The highest BCUT2D eigenvalue weighted by atomic mass is 16.1. The molecule has 0 fully saturated rings. The maximum Gasteiger partial charge on any atom is 0.252 e. The van der Waals surface area contributed by atoms with Crippen LogP contribution in [0.25, 0.3) is 5.65 Å². The van der Waals surface area contributed by atoms with Crippen LogP contribution in [-0.2, 0) is 6.42 Å². The van der Waals surface area contributed by atoms with Crippen molar-refractivity contribution in [3.8, 4) is 0 Å². The molecule has 0 bridgehead atoms. The Balaban J connectivity index is 1.50. The van der Waals surface area contributed by atoms with Crippen molar-refractivity contribution in [1.82, 2.24) is 24.9 Å². The zero-order chi connectivity index (χ0) is 16.9. The Morgan fingerprint density at radius 2 is 2.08 bits per heavy atom. The lowest BCUT2D eigenvalue weighted by Gasteiger charge is -2.11. The van der Waals surface area contributed by atoms with Gasteiger partial charge in [-0.1, -0.05) is 6.07 Å². The fourth-order valence-corrected chi connectivity index (χ4v) is 2.40. The molecule has 0 unspecified atom stereocenters. The highest BCUT2D eigenvalue weighted by Crippen LogP contribution is 2.08. The SMILES string of the molecule is CN(C)c1ccc(C(=O)NCCCc2nnc3ccccn23)cn1. The van der Waals surface area contributed by atoms with E-state index in [9.17, 15) is 4.79 Å². The molecule has 1 amide bonds. The topological polar surface area (TPSA) is 75.4 Å². The molecule has 124 valence electrons. The third-order valence-electron chi connectivity index (χ3n) is 3.72. The predicted molar refractivity (Wildman–Crippen MR) is 92.2 cm³/mol. The summed E-state index contributed by atoms with van der Waals surface area (Å²) in [5.41, 5.74) is 1.40. The van der Waals surface area contributed by atoms with Crippen LogP contribution in [0.2, 0.25) is 0 Å². The third kappa shape index (κ3) is 3.51. The van der Waals surface area contributed by atoms with Crippen molar-refractivity contribution in [3.63, 3.8) is 0 Å². The van der Waals surface area contributed by atoms with E-state index in [2.05, 4.69) is 20.5 Å². The number of aryl methyl sites for hydroxylation is 1. The number of nitrogens with one attached hydrogen (secondary N) is 1. The van der Waals surface area contributed by atoms with Crippen LogP contribution >= 0.6 is 0 Å². The van der Waals surface area contributed by atoms with E-state index in [1.807, 2.05) is 53.9 Å². The van der Waals surface area contributed by atoms with Gasteiger partial charge < -0.3 is 10.2 Å². The van der Waals surface area contributed by atoms with E-state index in [0.29, 0.717) is 12.1 Å². The van der Waals surface area contributed by atoms with Gasteiger partial charge in [0, 0.05) is 39.5 Å². The molecule has 0 aliphatic carbocycles. The Labute approximate surface area is 140 Å². The van der Waals surface area contributed by atoms with Crippen LogP contribution in [-0.4, -0.2) is 46.1 Å². The van der Waals surface area contributed by atoms with Gasteiger partial charge in [-0.05, 0) is 30.7 Å². The highest BCUT2D eigenvalue weighted by Gasteiger charge is 2.07. The molecule has 3 aromatic rings. The fourth-order valence-electron chi connectivity index (χ4n) is 2.40. The number of hydrogen-bond donors (Lipinski definition) is 1. The number of nitrogens with zero attached hydrogens (tertiary/aromatic N) is 5. The highest BCUT2D eigenvalue weighted by molar-refractivity contribution is 5.94. The Morgan fingerprint density at radius 3 is 2.83 bits per heavy atom. The normalized spacial score (nSPS) is 10.8. The quantitative estimate of drug-likeness (QED) is 0.696. The largest absolute Gasteiger partial charge is 0.363 e. The van der Waals surface area contributed by atoms with Crippen molar-refractivity contribution < 1.29 is 4.79 Å². The lowest BCUT2D eigenvalue weighted by molar-refractivity contribution is 0.0953. The van der Waals surface area contributed by atoms with Crippen LogP contribution in [0.5, 0.6) is 0 Å². The minimum absolute atomic E-state index is 0.112. The van der Waals surface area contributed by atoms with Crippen molar-refractivity contribution in [2.45, 2.75) is 12.8 Å². The molecule has 0 aliphatic heterocycles. The Kier molecular flexibility index (Phi) is 4.69. The van der Waals surface area contributed by atoms with Gasteiger partial charge >= 0.3 is 0 Å². The lowest BCUT2D eigenvalue weighted by atomic mass is 10.2. The molecular formula is C17H20N6O. The summed E-state index contributed by atoms with van der Waals surface area (Å²) < 4.78 is 1.96. The Bertz CT molecular complexity index is 824. The molecule has 0 aliphatic rings. The first-order valence-corrected chi connectivity index (χ1v) is 7.85. The van der Waals surface area contributed by atoms with Crippen LogP contribution in [0.3, 0.4) is 0 Å². The molecular weight excluding hydrogens is 304 g/mol. The molecule has 0 aromatic carbocycles. The predicted octanol–water partition coefficient (Wildman–Crippen LogP) is 1.55. The van der Waals surface area contributed by atoms with Crippen LogP contribution < -0.4 is 10.2 Å². The maximum atomic E-state index is 12.1. The summed E-state index contributed by atoms with van der Waals surface area (Å²) in [5.74, 6) is 1.61. The lowest BCUT2D eigenvalue weighted by Crippen LogP contribution is -2.25. The number of pyridine rings is 2. The molecule has 0 saturated heterocycles. The maximum absolute atomic E-state index is 12.1. The summed E-state index contributed by atoms with van der Waals surface area (Å²) in [6.45, 7) is 0.579. The van der Waals surface area contributed by atoms with E-state index in [-0.39, 0.29) is 5.91 Å². The van der Waals surface area contributed by atoms with Gasteiger partial charge in [0.25, 0.3) is 5.91 Å². The average Bonchev–Trinajstić information content (AvgIpc) is 3.02. The summed E-state index contributed by atoms with van der Waals surface area (Å²) in [5, 5.41) is 11.2. The zero-order valence-electron chi connectivity index (χ0n) is 13.8. The summed E-state index contributed by atoms with van der Waals surface area (Å²) in [7, 11) is 3.83. The summed E-state index contributed by atoms with van der Waals surface area (Å²) in [6, 6.07) is 9.42. The van der Waals surface area contributed by atoms with Crippen LogP contribution in [0.4, 0.5) is 5.82 Å². The first-order valence-electron chi connectivity index (χ1n) is 7.85. The molecule has 7 nitrogen and oxygen atoms in total. The van der Waals surface area contributed by atoms with Crippen molar-refractivity contribution in [1.29, 1.82) is 0 Å². The van der Waals surface area contributed by atoms with E-state index in [0.717, 1.165) is 30.1 Å². The zero-order valence-corrected chi connectivity index (χ0v) is 13.8. The number of anilines is 1. The smallest absolute Gasteiger partial charge is 0.252 e. The average molecular weight is 324 g/mol. The van der Waals surface area contributed by atoms with E-state index in [4.69, 9.17) is 0 Å². The van der Waals surface area contributed by atoms with E-state index < -0.39 is 0 Å². The Hall–Kier alpha value is -2.96. The van der Waals surface area contributed by atoms with Crippen molar-refractivity contribution in [2.24, 2.45) is 0 Å². The molecule has 0 atom stereocenters. The van der Waals surface area contributed by atoms with Gasteiger partial charge in [-0.25, -0.2) is 4.98 Å². The van der Waals surface area contributed by atoms with Crippen LogP contribution in [0, 0.1) is 0 Å². The van der Waals surface area contributed by atoms with Gasteiger partial charge in [0.1, 0.15) is 11.6 Å². The van der Waals surface area contributed by atoms with E-state index in [1.165, 1.54) is 0 Å². The van der Waals surface area contributed by atoms with Crippen molar-refractivity contribution in [2.75, 3.05) is 25.5 Å². The van der Waals surface area contributed by atoms with Gasteiger partial charge in [-0.3, -0.25) is 9.20 Å². The first-order chi connectivity index (χ1) is 11.6. The van der Waals surface area contributed by atoms with E-state index >= 15 is 0 Å². The second-order valence-corrected chi connectivity index (χ2v) is 5.70. The molecule has 0 radical (unpaired) electrons. The van der Waals surface area contributed by atoms with Gasteiger partial charge in [0.15, 0.2) is 5.65 Å². The molecule has 0 spiro atoms. The van der Waals surface area contributed by atoms with Crippen molar-refractivity contribution >= 4 is 17.4 Å². The second kappa shape index (κ2) is 7.08. The van der Waals surface area contributed by atoms with Gasteiger partial charge in [0.2, 0.25) is 0 Å². The molecule has 1 N–H and O–H groups in total. The third-order valence-corrected chi connectivity index (χ3v) is 3.72. The molecule has 7 heteroatoms. The monoisotopic (exact) mass is 324 g/mol. The van der Waals surface area contributed by atoms with Crippen molar-refractivity contribution in [3.05, 3.63) is 54.1 Å². The first kappa shape index (κ1) is 15.9. The number of fused-ring (bicyclic) bond motifs is 1. The van der Waals surface area contributed by atoms with Gasteiger partial charge in [-0.15, -0.1) is 10.2 Å². The standard InChI is InChI=1S/C17H20N6O/c1-22(2)14-9-8-13(12-19-14)17(24)18-10-5-7-16-21-20-15-6-3-4-11-23(15)16/h3-4,6,8-9,11-12H,5,7,10H2,1-2H3,(H,18,24). The minimum atomic E-state index is -0.112. The Morgan fingerprint density at radius 1 is 1.21 bits per heavy atom. The minimum Gasteiger partial charge on any atom is -0.363 e. The number of rotatable bonds is 6. The number of hydrogen-bond acceptors (Lipinski definition) is 5. The number of amides is 1. The van der Waals surface area contributed by atoms with Gasteiger partial charge in [-0.2, -0.15) is 0 Å². The summed E-state index contributed by atoms with van der Waals surface area (Å²) in [6.07, 6.45) is 5.09.